The van der Waals surface area contributed by atoms with Gasteiger partial charge in [-0.1, -0.05) is 12.1 Å². The average Bonchev–Trinajstić information content (AvgIpc) is 2.39. The van der Waals surface area contributed by atoms with E-state index in [0.29, 0.717) is 0 Å². The van der Waals surface area contributed by atoms with Crippen LogP contribution in [0.5, 0.6) is 11.5 Å². The molecule has 1 aliphatic rings. The molecular weight excluding hydrogens is 359 g/mol. The smallest absolute Gasteiger partial charge is 0.344 e. The second-order valence-corrected chi connectivity index (χ2v) is 5.16. The molecule has 4 nitrogen and oxygen atoms in total. The number of halogens is 1. The standard InChI is InChI=1S/C14H7IO4/c15-8-5-6-9-10(7-8)14(17)19-12-4-2-1-3-11(12)18-13(9)16/h1-7H. The topological polar surface area (TPSA) is 52.6 Å². The van der Waals surface area contributed by atoms with Crippen molar-refractivity contribution in [2.75, 3.05) is 0 Å². The molecule has 0 fully saturated rings. The molecule has 19 heavy (non-hydrogen) atoms. The van der Waals surface area contributed by atoms with Gasteiger partial charge >= 0.3 is 11.9 Å². The van der Waals surface area contributed by atoms with Gasteiger partial charge in [-0.05, 0) is 52.9 Å². The third kappa shape index (κ3) is 2.21. The molecular formula is C14H7IO4. The number of benzene rings is 2. The Morgan fingerprint density at radius 1 is 0.789 bits per heavy atom. The summed E-state index contributed by atoms with van der Waals surface area (Å²) in [5.74, 6) is -0.636. The quantitative estimate of drug-likeness (QED) is 0.409. The van der Waals surface area contributed by atoms with Gasteiger partial charge < -0.3 is 9.47 Å². The summed E-state index contributed by atoms with van der Waals surface area (Å²) in [6, 6.07) is 11.5. The van der Waals surface area contributed by atoms with Crippen molar-refractivity contribution in [3.8, 4) is 11.5 Å². The van der Waals surface area contributed by atoms with E-state index in [1.165, 1.54) is 0 Å². The third-order valence-electron chi connectivity index (χ3n) is 2.68. The lowest BCUT2D eigenvalue weighted by Crippen LogP contribution is -2.21. The molecule has 0 aliphatic carbocycles. The Balaban J connectivity index is 2.16. The molecule has 2 aromatic rings. The summed E-state index contributed by atoms with van der Waals surface area (Å²) in [7, 11) is 0. The van der Waals surface area contributed by atoms with E-state index in [1.54, 1.807) is 42.5 Å². The molecule has 0 spiro atoms. The van der Waals surface area contributed by atoms with Gasteiger partial charge in [0.2, 0.25) is 0 Å². The molecule has 94 valence electrons. The van der Waals surface area contributed by atoms with Gasteiger partial charge in [0.1, 0.15) is 0 Å². The Morgan fingerprint density at radius 2 is 1.37 bits per heavy atom. The predicted octanol–water partition coefficient (Wildman–Crippen LogP) is 3.04. The Morgan fingerprint density at radius 3 is 2.00 bits per heavy atom. The van der Waals surface area contributed by atoms with Crippen molar-refractivity contribution < 1.29 is 19.1 Å². The van der Waals surface area contributed by atoms with Crippen molar-refractivity contribution in [1.29, 1.82) is 0 Å². The second kappa shape index (κ2) is 4.65. The summed E-state index contributed by atoms with van der Waals surface area (Å²) < 4.78 is 11.3. The highest BCUT2D eigenvalue weighted by molar-refractivity contribution is 14.1. The van der Waals surface area contributed by atoms with Crippen LogP contribution in [-0.2, 0) is 0 Å². The molecule has 0 amide bonds. The fourth-order valence-corrected chi connectivity index (χ4v) is 2.28. The molecule has 3 rings (SSSR count). The molecule has 0 N–H and O–H groups in total. The van der Waals surface area contributed by atoms with Crippen molar-refractivity contribution >= 4 is 34.5 Å². The number of hydrogen-bond donors (Lipinski definition) is 0. The second-order valence-electron chi connectivity index (χ2n) is 3.92. The van der Waals surface area contributed by atoms with E-state index in [4.69, 9.17) is 9.47 Å². The van der Waals surface area contributed by atoms with Crippen LogP contribution in [0.25, 0.3) is 0 Å². The molecule has 0 atom stereocenters. The molecule has 1 aliphatic heterocycles. The normalized spacial score (nSPS) is 13.5. The Kier molecular flexibility index (Phi) is 2.98. The third-order valence-corrected chi connectivity index (χ3v) is 3.35. The number of ether oxygens (including phenoxy) is 2. The van der Waals surface area contributed by atoms with Crippen molar-refractivity contribution in [1.82, 2.24) is 0 Å². The van der Waals surface area contributed by atoms with Crippen LogP contribution < -0.4 is 9.47 Å². The summed E-state index contributed by atoms with van der Waals surface area (Å²) in [6.07, 6.45) is 0. The van der Waals surface area contributed by atoms with Gasteiger partial charge in [0.25, 0.3) is 0 Å². The minimum atomic E-state index is -0.560. The number of hydrogen-bond acceptors (Lipinski definition) is 4. The van der Waals surface area contributed by atoms with Gasteiger partial charge in [-0.15, -0.1) is 0 Å². The number of para-hydroxylation sites is 2. The molecule has 0 bridgehead atoms. The number of esters is 2. The van der Waals surface area contributed by atoms with Crippen LogP contribution in [0.1, 0.15) is 20.7 Å². The highest BCUT2D eigenvalue weighted by atomic mass is 127. The summed E-state index contributed by atoms with van der Waals surface area (Å²) in [4.78, 5) is 24.1. The van der Waals surface area contributed by atoms with Gasteiger partial charge in [0.05, 0.1) is 11.1 Å². The summed E-state index contributed by atoms with van der Waals surface area (Å²) >= 11 is 2.07. The van der Waals surface area contributed by atoms with E-state index in [0.717, 1.165) is 3.57 Å². The number of carbonyl (C=O) groups is 2. The van der Waals surface area contributed by atoms with E-state index in [-0.39, 0.29) is 22.6 Å². The van der Waals surface area contributed by atoms with Gasteiger partial charge in [-0.2, -0.15) is 0 Å². The van der Waals surface area contributed by atoms with E-state index >= 15 is 0 Å². The minimum Gasteiger partial charge on any atom is -0.419 e. The number of fused-ring (bicyclic) bond motifs is 2. The highest BCUT2D eigenvalue weighted by Crippen LogP contribution is 2.31. The zero-order valence-corrected chi connectivity index (χ0v) is 11.7. The maximum absolute atomic E-state index is 12.1. The number of carbonyl (C=O) groups excluding carboxylic acids is 2. The van der Waals surface area contributed by atoms with Crippen LogP contribution in [0, 0.1) is 3.57 Å². The predicted molar refractivity (Wildman–Crippen MR) is 75.5 cm³/mol. The molecule has 5 heteroatoms. The first-order valence-corrected chi connectivity index (χ1v) is 6.56. The van der Waals surface area contributed by atoms with Gasteiger partial charge in [0.15, 0.2) is 11.5 Å². The molecule has 2 aromatic carbocycles. The Hall–Kier alpha value is -1.89. The van der Waals surface area contributed by atoms with Crippen LogP contribution in [0.3, 0.4) is 0 Å². The van der Waals surface area contributed by atoms with E-state index < -0.39 is 11.9 Å². The van der Waals surface area contributed by atoms with Crippen LogP contribution in [0.15, 0.2) is 42.5 Å². The average molecular weight is 366 g/mol. The van der Waals surface area contributed by atoms with E-state index in [2.05, 4.69) is 22.6 Å². The zero-order valence-electron chi connectivity index (χ0n) is 9.55. The maximum atomic E-state index is 12.1. The zero-order chi connectivity index (χ0) is 13.4. The first-order chi connectivity index (χ1) is 9.15. The molecule has 0 radical (unpaired) electrons. The van der Waals surface area contributed by atoms with Crippen LogP contribution in [0.4, 0.5) is 0 Å². The molecule has 0 aromatic heterocycles. The van der Waals surface area contributed by atoms with Gasteiger partial charge in [0, 0.05) is 3.57 Å². The highest BCUT2D eigenvalue weighted by Gasteiger charge is 2.25. The fourth-order valence-electron chi connectivity index (χ4n) is 1.79. The molecule has 1 heterocycles. The number of rotatable bonds is 0. The molecule has 0 unspecified atom stereocenters. The maximum Gasteiger partial charge on any atom is 0.344 e. The minimum absolute atomic E-state index is 0.208. The Labute approximate surface area is 122 Å². The summed E-state index contributed by atoms with van der Waals surface area (Å²) in [5, 5.41) is 0. The first kappa shape index (κ1) is 12.2. The largest absolute Gasteiger partial charge is 0.419 e. The lowest BCUT2D eigenvalue weighted by atomic mass is 10.1. The van der Waals surface area contributed by atoms with Crippen molar-refractivity contribution in [2.24, 2.45) is 0 Å². The van der Waals surface area contributed by atoms with Crippen molar-refractivity contribution in [3.05, 3.63) is 57.2 Å². The van der Waals surface area contributed by atoms with Crippen LogP contribution in [0.2, 0.25) is 0 Å². The van der Waals surface area contributed by atoms with Crippen LogP contribution in [-0.4, -0.2) is 11.9 Å². The van der Waals surface area contributed by atoms with Gasteiger partial charge in [-0.3, -0.25) is 0 Å². The summed E-state index contributed by atoms with van der Waals surface area (Å²) in [6.45, 7) is 0. The lowest BCUT2D eigenvalue weighted by Gasteiger charge is -2.15. The fraction of sp³-hybridized carbons (Fsp3) is 0. The van der Waals surface area contributed by atoms with E-state index in [1.807, 2.05) is 0 Å². The monoisotopic (exact) mass is 366 g/mol. The van der Waals surface area contributed by atoms with Crippen molar-refractivity contribution in [3.63, 3.8) is 0 Å². The van der Waals surface area contributed by atoms with Crippen molar-refractivity contribution in [2.45, 2.75) is 0 Å². The van der Waals surface area contributed by atoms with Crippen LogP contribution >= 0.6 is 22.6 Å². The lowest BCUT2D eigenvalue weighted by molar-refractivity contribution is 0.0648. The summed E-state index contributed by atoms with van der Waals surface area (Å²) in [5.41, 5.74) is 0.423. The van der Waals surface area contributed by atoms with Gasteiger partial charge in [-0.25, -0.2) is 9.59 Å². The molecule has 0 saturated heterocycles. The Bertz CT molecular complexity index is 694. The SMILES string of the molecule is O=C1Oc2ccccc2OC(=O)c2cc(I)ccc21. The van der Waals surface area contributed by atoms with E-state index in [9.17, 15) is 9.59 Å². The molecule has 0 saturated carbocycles. The first-order valence-electron chi connectivity index (χ1n) is 5.48.